The average molecular weight is 1020 g/mol. The highest BCUT2D eigenvalue weighted by atomic mass is 14.4. The first-order chi connectivity index (χ1) is 38.9. The van der Waals surface area contributed by atoms with Crippen LogP contribution in [0.4, 0.5) is 0 Å². The second-order valence-electron chi connectivity index (χ2n) is 24.8. The fourth-order valence-electron chi connectivity index (χ4n) is 14.9. The van der Waals surface area contributed by atoms with E-state index in [4.69, 9.17) is 0 Å². The standard InChI is InChI=1S/C78H50N2/c1-77(2,3)48-23-19-44(20-24-48)65-62-37-46-10-7-8-11-47(46)38-63(62)66(45-21-25-49(26-22-45)78(4,5)6)75-59-34-30-52-54-31-35-60-71-57(32-28-53(68(54)71)51-29-33-58(74(65)75)70(59)67(51)52)73-64(43-17-14-41(39-79)15-18-43)56-13-9-12-50-61-36-42(40-80)16-27-55(61)72(69(50)56)76(60)73/h7-38H,1-6H3. The highest BCUT2D eigenvalue weighted by molar-refractivity contribution is 6.51. The Bertz CT molecular complexity index is 5340. The Morgan fingerprint density at radius 1 is 0.263 bits per heavy atom. The minimum atomic E-state index is 0.0176. The Morgan fingerprint density at radius 3 is 1.19 bits per heavy atom. The van der Waals surface area contributed by atoms with Gasteiger partial charge in [-0.05, 0) is 232 Å². The van der Waals surface area contributed by atoms with Gasteiger partial charge in [-0.1, -0.05) is 199 Å². The number of benzene rings is 14. The highest BCUT2D eigenvalue weighted by Gasteiger charge is 2.34. The highest BCUT2D eigenvalue weighted by Crippen LogP contribution is 2.61. The maximum absolute atomic E-state index is 10.2. The number of nitriles is 2. The fraction of sp³-hybridized carbons (Fsp3) is 0.103. The molecule has 0 aliphatic heterocycles. The van der Waals surface area contributed by atoms with Crippen molar-refractivity contribution in [1.82, 2.24) is 0 Å². The van der Waals surface area contributed by atoms with Gasteiger partial charge >= 0.3 is 0 Å². The van der Waals surface area contributed by atoms with Crippen LogP contribution in [-0.4, -0.2) is 0 Å². The molecule has 0 aromatic heterocycles. The molecule has 0 atom stereocenters. The summed E-state index contributed by atoms with van der Waals surface area (Å²) >= 11 is 0. The molecular formula is C78H50N2. The lowest BCUT2D eigenvalue weighted by atomic mass is 9.80. The minimum Gasteiger partial charge on any atom is -0.192 e. The van der Waals surface area contributed by atoms with E-state index in [0.29, 0.717) is 11.1 Å². The van der Waals surface area contributed by atoms with Crippen LogP contribution in [0.15, 0.2) is 194 Å². The van der Waals surface area contributed by atoms with Gasteiger partial charge in [-0.2, -0.15) is 10.5 Å². The molecule has 2 heteroatoms. The Balaban J connectivity index is 1.01. The van der Waals surface area contributed by atoms with Crippen LogP contribution in [0.3, 0.4) is 0 Å². The van der Waals surface area contributed by atoms with E-state index >= 15 is 0 Å². The quantitative estimate of drug-likeness (QED) is 0.131. The lowest BCUT2D eigenvalue weighted by Crippen LogP contribution is -2.10. The van der Waals surface area contributed by atoms with Gasteiger partial charge in [0.2, 0.25) is 0 Å². The van der Waals surface area contributed by atoms with Gasteiger partial charge in [0.15, 0.2) is 0 Å². The Labute approximate surface area is 463 Å². The van der Waals surface area contributed by atoms with Crippen LogP contribution in [0, 0.1) is 22.7 Å². The zero-order chi connectivity index (χ0) is 53.8. The monoisotopic (exact) mass is 1010 g/mol. The first-order valence-corrected chi connectivity index (χ1v) is 28.0. The summed E-state index contributed by atoms with van der Waals surface area (Å²) in [7, 11) is 0. The van der Waals surface area contributed by atoms with Crippen molar-refractivity contribution in [2.75, 3.05) is 0 Å². The number of hydrogen-bond donors (Lipinski definition) is 0. The molecule has 0 unspecified atom stereocenters. The third-order valence-electron chi connectivity index (χ3n) is 18.6. The molecule has 0 radical (unpaired) electrons. The Hall–Kier alpha value is -9.86. The topological polar surface area (TPSA) is 47.6 Å². The van der Waals surface area contributed by atoms with Crippen LogP contribution in [0.2, 0.25) is 0 Å². The number of fused-ring (bicyclic) bond motifs is 14. The number of rotatable bonds is 3. The summed E-state index contributed by atoms with van der Waals surface area (Å²) in [5.41, 5.74) is 16.4. The molecule has 0 saturated carbocycles. The van der Waals surface area contributed by atoms with Crippen LogP contribution in [0.25, 0.3) is 174 Å². The summed E-state index contributed by atoms with van der Waals surface area (Å²) in [6.07, 6.45) is 0. The molecule has 1 aliphatic carbocycles. The van der Waals surface area contributed by atoms with Crippen molar-refractivity contribution in [3.8, 4) is 67.8 Å². The van der Waals surface area contributed by atoms with Gasteiger partial charge in [0, 0.05) is 0 Å². The molecule has 0 bridgehead atoms. The van der Waals surface area contributed by atoms with E-state index in [9.17, 15) is 10.5 Å². The van der Waals surface area contributed by atoms with Crippen LogP contribution >= 0.6 is 0 Å². The largest absolute Gasteiger partial charge is 0.192 e. The van der Waals surface area contributed by atoms with Gasteiger partial charge in [-0.15, -0.1) is 0 Å². The SMILES string of the molecule is CC(C)(C)c1ccc(-c2c3c(c(-c4ccc(C(C)(C)C)cc4)c4cc5ccccc5cc24)-c2ccc4c5ccc6c7c(ccc(c8ccc-3c2c84)c57)c2c(-c3ccc(C#N)cc3)c3cccc4c5cc(C#N)ccc5c(c34)c62)cc1. The third-order valence-corrected chi connectivity index (χ3v) is 18.6. The molecule has 0 N–H and O–H groups in total. The van der Waals surface area contributed by atoms with Crippen molar-refractivity contribution >= 4 is 118 Å². The van der Waals surface area contributed by atoms with E-state index in [0.717, 1.165) is 21.7 Å². The van der Waals surface area contributed by atoms with E-state index in [1.54, 1.807) is 0 Å². The van der Waals surface area contributed by atoms with Gasteiger partial charge in [-0.25, -0.2) is 0 Å². The maximum Gasteiger partial charge on any atom is 0.0991 e. The van der Waals surface area contributed by atoms with Crippen molar-refractivity contribution in [2.45, 2.75) is 52.4 Å². The van der Waals surface area contributed by atoms with E-state index < -0.39 is 0 Å². The second kappa shape index (κ2) is 15.5. The third kappa shape index (κ3) is 5.80. The van der Waals surface area contributed by atoms with Crippen LogP contribution in [0.5, 0.6) is 0 Å². The minimum absolute atomic E-state index is 0.0176. The number of hydrogen-bond acceptors (Lipinski definition) is 2. The molecule has 0 amide bonds. The molecule has 0 saturated heterocycles. The summed E-state index contributed by atoms with van der Waals surface area (Å²) in [6.45, 7) is 13.8. The second-order valence-corrected chi connectivity index (χ2v) is 24.8. The van der Waals surface area contributed by atoms with Gasteiger partial charge in [-0.3, -0.25) is 0 Å². The van der Waals surface area contributed by atoms with Crippen LogP contribution < -0.4 is 0 Å². The molecule has 2 nitrogen and oxygen atoms in total. The molecule has 372 valence electrons. The Kier molecular flexibility index (Phi) is 8.73. The van der Waals surface area contributed by atoms with Crippen molar-refractivity contribution < 1.29 is 0 Å². The van der Waals surface area contributed by atoms with E-state index in [1.807, 2.05) is 18.2 Å². The van der Waals surface area contributed by atoms with Crippen LogP contribution in [0.1, 0.15) is 63.8 Å². The molecule has 16 aromatic carbocycles. The van der Waals surface area contributed by atoms with Gasteiger partial charge in [0.1, 0.15) is 0 Å². The first kappa shape index (κ1) is 45.2. The van der Waals surface area contributed by atoms with Crippen LogP contribution in [-0.2, 0) is 10.8 Å². The van der Waals surface area contributed by atoms with E-state index in [1.165, 1.54) is 164 Å². The summed E-state index contributed by atoms with van der Waals surface area (Å²) in [6, 6.07) is 77.9. The molecule has 80 heavy (non-hydrogen) atoms. The van der Waals surface area contributed by atoms with E-state index in [-0.39, 0.29) is 10.8 Å². The molecule has 17 rings (SSSR count). The summed E-state index contributed by atoms with van der Waals surface area (Å²) in [4.78, 5) is 0. The smallest absolute Gasteiger partial charge is 0.0991 e. The maximum atomic E-state index is 10.2. The lowest BCUT2D eigenvalue weighted by molar-refractivity contribution is 0.590. The van der Waals surface area contributed by atoms with Crippen molar-refractivity contribution in [1.29, 1.82) is 10.5 Å². The molecule has 0 fully saturated rings. The van der Waals surface area contributed by atoms with E-state index in [2.05, 4.69) is 230 Å². The molecule has 1 aliphatic rings. The molecule has 16 aromatic rings. The number of nitrogens with zero attached hydrogens (tertiary/aromatic N) is 2. The predicted octanol–water partition coefficient (Wildman–Crippen LogP) is 21.7. The Morgan fingerprint density at radius 2 is 0.650 bits per heavy atom. The van der Waals surface area contributed by atoms with Crippen molar-refractivity contribution in [2.24, 2.45) is 0 Å². The molecular weight excluding hydrogens is 965 g/mol. The zero-order valence-electron chi connectivity index (χ0n) is 45.4. The normalized spacial score (nSPS) is 12.8. The molecule has 0 heterocycles. The molecule has 0 spiro atoms. The summed E-state index contributed by atoms with van der Waals surface area (Å²) in [5.74, 6) is 0. The lowest BCUT2D eigenvalue weighted by Gasteiger charge is -2.23. The van der Waals surface area contributed by atoms with Gasteiger partial charge < -0.3 is 0 Å². The van der Waals surface area contributed by atoms with Gasteiger partial charge in [0.05, 0.1) is 23.3 Å². The summed E-state index contributed by atoms with van der Waals surface area (Å²) in [5, 5.41) is 47.3. The first-order valence-electron chi connectivity index (χ1n) is 28.0. The predicted molar refractivity (Wildman–Crippen MR) is 340 cm³/mol. The average Bonchev–Trinajstić information content (AvgIpc) is 2.80. The van der Waals surface area contributed by atoms with Crippen molar-refractivity contribution in [3.05, 3.63) is 216 Å². The fourth-order valence-corrected chi connectivity index (χ4v) is 14.9. The van der Waals surface area contributed by atoms with Gasteiger partial charge in [0.25, 0.3) is 0 Å². The zero-order valence-corrected chi connectivity index (χ0v) is 45.4. The van der Waals surface area contributed by atoms with Crippen molar-refractivity contribution in [3.63, 3.8) is 0 Å². The summed E-state index contributed by atoms with van der Waals surface area (Å²) < 4.78 is 0.